The third-order valence-electron chi connectivity index (χ3n) is 5.62. The van der Waals surface area contributed by atoms with Crippen LogP contribution in [0, 0.1) is 16.0 Å². The van der Waals surface area contributed by atoms with E-state index in [1.165, 1.54) is 12.1 Å². The summed E-state index contributed by atoms with van der Waals surface area (Å²) in [7, 11) is 1.55. The number of carbonyl (C=O) groups excluding carboxylic acids is 2. The summed E-state index contributed by atoms with van der Waals surface area (Å²) in [5, 5.41) is 14.5. The first-order valence-electron chi connectivity index (χ1n) is 9.96. The molecule has 0 saturated carbocycles. The number of nitro benzene ring substituents is 1. The predicted molar refractivity (Wildman–Crippen MR) is 115 cm³/mol. The quantitative estimate of drug-likeness (QED) is 0.481. The van der Waals surface area contributed by atoms with E-state index in [9.17, 15) is 19.7 Å². The van der Waals surface area contributed by atoms with Crippen LogP contribution in [0.3, 0.4) is 0 Å². The monoisotopic (exact) mass is 422 g/mol. The third kappa shape index (κ3) is 4.07. The molecule has 1 saturated heterocycles. The molecular formula is C22H22N4O5. The fourth-order valence-electron chi connectivity index (χ4n) is 3.90. The zero-order valence-electron chi connectivity index (χ0n) is 17.0. The van der Waals surface area contributed by atoms with Crippen LogP contribution in [0.25, 0.3) is 10.9 Å². The van der Waals surface area contributed by atoms with Gasteiger partial charge in [0.25, 0.3) is 11.6 Å². The molecule has 0 bridgehead atoms. The lowest BCUT2D eigenvalue weighted by Gasteiger charge is -2.31. The van der Waals surface area contributed by atoms with E-state index in [0.29, 0.717) is 53.8 Å². The highest BCUT2D eigenvalue weighted by Crippen LogP contribution is 2.28. The molecule has 0 radical (unpaired) electrons. The van der Waals surface area contributed by atoms with Crippen LogP contribution in [-0.2, 0) is 4.79 Å². The molecule has 0 spiro atoms. The Balaban J connectivity index is 1.42. The number of hydrogen-bond donors (Lipinski definition) is 2. The van der Waals surface area contributed by atoms with Crippen molar-refractivity contribution in [2.24, 2.45) is 5.92 Å². The molecule has 9 nitrogen and oxygen atoms in total. The van der Waals surface area contributed by atoms with Crippen molar-refractivity contribution < 1.29 is 19.2 Å². The zero-order valence-corrected chi connectivity index (χ0v) is 17.0. The van der Waals surface area contributed by atoms with Crippen LogP contribution in [0.4, 0.5) is 11.4 Å². The molecule has 1 fully saturated rings. The lowest BCUT2D eigenvalue weighted by molar-refractivity contribution is -0.384. The summed E-state index contributed by atoms with van der Waals surface area (Å²) in [5.74, 6) is 0.0876. The van der Waals surface area contributed by atoms with E-state index >= 15 is 0 Å². The normalized spacial score (nSPS) is 14.4. The van der Waals surface area contributed by atoms with E-state index < -0.39 is 4.92 Å². The van der Waals surface area contributed by atoms with Crippen LogP contribution in [-0.4, -0.2) is 46.8 Å². The Morgan fingerprint density at radius 2 is 1.94 bits per heavy atom. The number of fused-ring (bicyclic) bond motifs is 1. The van der Waals surface area contributed by atoms with Crippen LogP contribution in [0.1, 0.15) is 23.2 Å². The number of nitrogens with zero attached hydrogens (tertiary/aromatic N) is 2. The molecule has 1 aromatic heterocycles. The molecule has 1 aliphatic heterocycles. The van der Waals surface area contributed by atoms with E-state index in [2.05, 4.69) is 10.3 Å². The molecular weight excluding hydrogens is 400 g/mol. The number of aromatic amines is 1. The minimum Gasteiger partial charge on any atom is -0.495 e. The van der Waals surface area contributed by atoms with Gasteiger partial charge in [-0.3, -0.25) is 19.7 Å². The van der Waals surface area contributed by atoms with E-state index in [-0.39, 0.29) is 23.4 Å². The van der Waals surface area contributed by atoms with Crippen LogP contribution in [0.2, 0.25) is 0 Å². The maximum Gasteiger partial charge on any atom is 0.270 e. The van der Waals surface area contributed by atoms with Crippen molar-refractivity contribution in [2.45, 2.75) is 12.8 Å². The Labute approximate surface area is 178 Å². The van der Waals surface area contributed by atoms with E-state index in [4.69, 9.17) is 4.74 Å². The topological polar surface area (TPSA) is 118 Å². The highest BCUT2D eigenvalue weighted by Gasteiger charge is 2.29. The predicted octanol–water partition coefficient (Wildman–Crippen LogP) is 3.58. The maximum atomic E-state index is 13.0. The first-order valence-corrected chi connectivity index (χ1v) is 9.96. The Morgan fingerprint density at radius 1 is 1.19 bits per heavy atom. The van der Waals surface area contributed by atoms with Crippen LogP contribution in [0.15, 0.2) is 48.7 Å². The average Bonchev–Trinajstić information content (AvgIpc) is 3.22. The van der Waals surface area contributed by atoms with Gasteiger partial charge >= 0.3 is 0 Å². The molecule has 2 amide bonds. The summed E-state index contributed by atoms with van der Waals surface area (Å²) in [5.41, 5.74) is 1.62. The number of rotatable bonds is 5. The third-order valence-corrected chi connectivity index (χ3v) is 5.62. The van der Waals surface area contributed by atoms with Crippen LogP contribution in [0.5, 0.6) is 5.75 Å². The van der Waals surface area contributed by atoms with Gasteiger partial charge in [-0.05, 0) is 31.0 Å². The number of nitrogens with one attached hydrogen (secondary N) is 2. The fraction of sp³-hybridized carbons (Fsp3) is 0.273. The molecule has 0 aliphatic carbocycles. The number of ether oxygens (including phenoxy) is 1. The molecule has 0 unspecified atom stereocenters. The average molecular weight is 422 g/mol. The number of methoxy groups -OCH3 is 1. The second-order valence-electron chi connectivity index (χ2n) is 7.45. The molecule has 4 rings (SSSR count). The second kappa shape index (κ2) is 8.47. The van der Waals surface area contributed by atoms with Gasteiger partial charge in [0, 0.05) is 48.2 Å². The number of carbonyl (C=O) groups is 2. The van der Waals surface area contributed by atoms with Crippen molar-refractivity contribution in [3.05, 3.63) is 64.3 Å². The van der Waals surface area contributed by atoms with Crippen molar-refractivity contribution in [2.75, 3.05) is 25.5 Å². The van der Waals surface area contributed by atoms with Gasteiger partial charge in [-0.2, -0.15) is 0 Å². The Morgan fingerprint density at radius 3 is 2.65 bits per heavy atom. The van der Waals surface area contributed by atoms with Gasteiger partial charge in [0.1, 0.15) is 5.75 Å². The SMILES string of the molecule is COc1ccccc1NC(=O)C1CCN(C(=O)c2c[nH]c3ccc([N+](=O)[O-])cc23)CC1. The van der Waals surface area contributed by atoms with Gasteiger partial charge < -0.3 is 19.9 Å². The molecule has 1 aliphatic rings. The molecule has 2 aromatic carbocycles. The van der Waals surface area contributed by atoms with Gasteiger partial charge in [0.15, 0.2) is 0 Å². The highest BCUT2D eigenvalue weighted by atomic mass is 16.6. The maximum absolute atomic E-state index is 13.0. The number of aromatic nitrogens is 1. The number of H-pyrrole nitrogens is 1. The fourth-order valence-corrected chi connectivity index (χ4v) is 3.90. The summed E-state index contributed by atoms with van der Waals surface area (Å²) in [6.45, 7) is 0.870. The van der Waals surface area contributed by atoms with Crippen molar-refractivity contribution in [1.82, 2.24) is 9.88 Å². The molecule has 3 aromatic rings. The highest BCUT2D eigenvalue weighted by molar-refractivity contribution is 6.07. The Bertz CT molecular complexity index is 1150. The molecule has 2 N–H and O–H groups in total. The van der Waals surface area contributed by atoms with Gasteiger partial charge in [0.05, 0.1) is 23.3 Å². The van der Waals surface area contributed by atoms with Crippen molar-refractivity contribution in [1.29, 1.82) is 0 Å². The minimum atomic E-state index is -0.480. The van der Waals surface area contributed by atoms with E-state index in [0.717, 1.165) is 0 Å². The summed E-state index contributed by atoms with van der Waals surface area (Å²) >= 11 is 0. The first-order chi connectivity index (χ1) is 15.0. The van der Waals surface area contributed by atoms with Crippen LogP contribution >= 0.6 is 0 Å². The molecule has 0 atom stereocenters. The molecule has 31 heavy (non-hydrogen) atoms. The number of nitro groups is 1. The zero-order chi connectivity index (χ0) is 22.0. The Kier molecular flexibility index (Phi) is 5.57. The summed E-state index contributed by atoms with van der Waals surface area (Å²) in [6.07, 6.45) is 2.65. The largest absolute Gasteiger partial charge is 0.495 e. The lowest BCUT2D eigenvalue weighted by atomic mass is 9.95. The van der Waals surface area contributed by atoms with Crippen molar-refractivity contribution in [3.63, 3.8) is 0 Å². The number of anilines is 1. The molecule has 160 valence electrons. The van der Waals surface area contributed by atoms with Crippen LogP contribution < -0.4 is 10.1 Å². The van der Waals surface area contributed by atoms with Crippen molar-refractivity contribution >= 4 is 34.1 Å². The smallest absolute Gasteiger partial charge is 0.270 e. The number of piperidine rings is 1. The standard InChI is InChI=1S/C22H22N4O5/c1-31-20-5-3-2-4-19(20)24-21(27)14-8-10-25(11-9-14)22(28)17-13-23-18-7-6-15(26(29)30)12-16(17)18/h2-7,12-14,23H,8-11H2,1H3,(H,24,27). The Hall–Kier alpha value is -3.88. The number of hydrogen-bond acceptors (Lipinski definition) is 5. The van der Waals surface area contributed by atoms with E-state index in [1.54, 1.807) is 36.4 Å². The molecule has 2 heterocycles. The summed E-state index contributed by atoms with van der Waals surface area (Å²) in [4.78, 5) is 41.0. The van der Waals surface area contributed by atoms with Gasteiger partial charge in [0.2, 0.25) is 5.91 Å². The number of amides is 2. The number of benzene rings is 2. The lowest BCUT2D eigenvalue weighted by Crippen LogP contribution is -2.41. The van der Waals surface area contributed by atoms with Crippen molar-refractivity contribution in [3.8, 4) is 5.75 Å². The number of likely N-dealkylation sites (tertiary alicyclic amines) is 1. The van der Waals surface area contributed by atoms with Gasteiger partial charge in [-0.15, -0.1) is 0 Å². The second-order valence-corrected chi connectivity index (χ2v) is 7.45. The minimum absolute atomic E-state index is 0.0622. The molecule has 9 heteroatoms. The van der Waals surface area contributed by atoms with Gasteiger partial charge in [-0.25, -0.2) is 0 Å². The first kappa shape index (κ1) is 20.4. The van der Waals surface area contributed by atoms with Gasteiger partial charge in [-0.1, -0.05) is 12.1 Å². The van der Waals surface area contributed by atoms with E-state index in [1.807, 2.05) is 12.1 Å². The number of para-hydroxylation sites is 2. The summed E-state index contributed by atoms with van der Waals surface area (Å²) in [6, 6.07) is 11.6. The number of non-ortho nitro benzene ring substituents is 1. The summed E-state index contributed by atoms with van der Waals surface area (Å²) < 4.78 is 5.27.